The largest absolute Gasteiger partial charge is 0.494 e. The van der Waals surface area contributed by atoms with Gasteiger partial charge in [-0.3, -0.25) is 9.69 Å². The number of amides is 3. The third-order valence-corrected chi connectivity index (χ3v) is 5.72. The minimum atomic E-state index is -0.167. The number of aromatic nitrogens is 2. The van der Waals surface area contributed by atoms with Crippen molar-refractivity contribution in [3.63, 3.8) is 0 Å². The molecular formula is C23H29N5O5. The van der Waals surface area contributed by atoms with Crippen LogP contribution in [0.25, 0.3) is 0 Å². The molecule has 0 N–H and O–H groups in total. The Balaban J connectivity index is 1.30. The highest BCUT2D eigenvalue weighted by Gasteiger charge is 2.33. The maximum absolute atomic E-state index is 12.9. The second-order valence-electron chi connectivity index (χ2n) is 7.92. The van der Waals surface area contributed by atoms with Gasteiger partial charge in [-0.25, -0.2) is 4.79 Å². The highest BCUT2D eigenvalue weighted by atomic mass is 16.5. The molecule has 10 heteroatoms. The second-order valence-corrected chi connectivity index (χ2v) is 7.92. The molecule has 0 spiro atoms. The summed E-state index contributed by atoms with van der Waals surface area (Å²) in [4.78, 5) is 30.9. The van der Waals surface area contributed by atoms with E-state index in [1.807, 2.05) is 31.2 Å². The van der Waals surface area contributed by atoms with E-state index in [-0.39, 0.29) is 24.6 Å². The summed E-state index contributed by atoms with van der Waals surface area (Å²) in [5.74, 6) is 1.50. The van der Waals surface area contributed by atoms with Gasteiger partial charge in [0.15, 0.2) is 0 Å². The zero-order chi connectivity index (χ0) is 23.2. The van der Waals surface area contributed by atoms with Crippen molar-refractivity contribution in [2.45, 2.75) is 25.9 Å². The third kappa shape index (κ3) is 5.44. The fourth-order valence-corrected chi connectivity index (χ4v) is 4.03. The van der Waals surface area contributed by atoms with Gasteiger partial charge < -0.3 is 24.0 Å². The molecule has 2 aliphatic rings. The highest BCUT2D eigenvalue weighted by molar-refractivity contribution is 5.96. The van der Waals surface area contributed by atoms with Crippen LogP contribution in [-0.2, 0) is 4.79 Å². The molecule has 2 aromatic rings. The number of piperidine rings is 1. The number of hydrogen-bond acceptors (Lipinski definition) is 7. The number of methoxy groups -OCH3 is 1. The van der Waals surface area contributed by atoms with Crippen LogP contribution >= 0.6 is 0 Å². The number of rotatable bonds is 8. The minimum Gasteiger partial charge on any atom is -0.494 e. The van der Waals surface area contributed by atoms with Gasteiger partial charge in [0.25, 0.3) is 0 Å². The van der Waals surface area contributed by atoms with Gasteiger partial charge in [-0.15, -0.1) is 10.2 Å². The van der Waals surface area contributed by atoms with Gasteiger partial charge in [-0.05, 0) is 44.0 Å². The molecule has 1 atom stereocenters. The fraction of sp³-hybridized carbons (Fsp3) is 0.478. The van der Waals surface area contributed by atoms with Crippen LogP contribution in [-0.4, -0.2) is 84.5 Å². The van der Waals surface area contributed by atoms with Crippen molar-refractivity contribution < 1.29 is 23.8 Å². The number of urea groups is 1. The van der Waals surface area contributed by atoms with E-state index in [0.717, 1.165) is 24.3 Å². The third-order valence-electron chi connectivity index (χ3n) is 5.72. The average Bonchev–Trinajstić information content (AvgIpc) is 3.20. The minimum absolute atomic E-state index is 0.0570. The van der Waals surface area contributed by atoms with Gasteiger partial charge in [0.1, 0.15) is 18.4 Å². The van der Waals surface area contributed by atoms with Gasteiger partial charge in [-0.2, -0.15) is 0 Å². The van der Waals surface area contributed by atoms with E-state index in [4.69, 9.17) is 14.2 Å². The molecule has 0 saturated carbocycles. The molecule has 2 fully saturated rings. The van der Waals surface area contributed by atoms with Crippen LogP contribution in [0, 0.1) is 0 Å². The standard InChI is InChI=1S/C23H29N5O5/c1-3-32-18-8-6-17(7-9-18)28-14-13-27(23(28)30)16-22(29)26-12-4-5-19(15-26)33-21-11-10-20(31-2)24-25-21/h6-11,19H,3-5,12-16H2,1-2H3. The summed E-state index contributed by atoms with van der Waals surface area (Å²) >= 11 is 0. The van der Waals surface area contributed by atoms with Gasteiger partial charge in [0.05, 0.1) is 20.3 Å². The Labute approximate surface area is 193 Å². The molecule has 1 unspecified atom stereocenters. The fourth-order valence-electron chi connectivity index (χ4n) is 4.03. The molecule has 176 valence electrons. The zero-order valence-electron chi connectivity index (χ0n) is 19.0. The Morgan fingerprint density at radius 3 is 2.52 bits per heavy atom. The van der Waals surface area contributed by atoms with Crippen LogP contribution in [0.15, 0.2) is 36.4 Å². The van der Waals surface area contributed by atoms with Gasteiger partial charge in [0, 0.05) is 37.5 Å². The number of likely N-dealkylation sites (tertiary alicyclic amines) is 1. The lowest BCUT2D eigenvalue weighted by atomic mass is 10.1. The molecule has 3 heterocycles. The van der Waals surface area contributed by atoms with E-state index >= 15 is 0 Å². The van der Waals surface area contributed by atoms with Crippen molar-refractivity contribution in [2.75, 3.05) is 51.3 Å². The van der Waals surface area contributed by atoms with Crippen LogP contribution in [0.1, 0.15) is 19.8 Å². The zero-order valence-corrected chi connectivity index (χ0v) is 19.0. The van der Waals surface area contributed by atoms with Gasteiger partial charge >= 0.3 is 6.03 Å². The number of anilines is 1. The molecule has 10 nitrogen and oxygen atoms in total. The number of carbonyl (C=O) groups is 2. The molecule has 1 aromatic heterocycles. The van der Waals surface area contributed by atoms with E-state index in [9.17, 15) is 9.59 Å². The lowest BCUT2D eigenvalue weighted by Crippen LogP contribution is -2.48. The summed E-state index contributed by atoms with van der Waals surface area (Å²) in [6, 6.07) is 10.6. The van der Waals surface area contributed by atoms with Gasteiger partial charge in [-0.1, -0.05) is 0 Å². The summed E-state index contributed by atoms with van der Waals surface area (Å²) in [5.41, 5.74) is 0.797. The van der Waals surface area contributed by atoms with E-state index < -0.39 is 0 Å². The molecule has 4 rings (SSSR count). The van der Waals surface area contributed by atoms with Crippen molar-refractivity contribution in [3.05, 3.63) is 36.4 Å². The van der Waals surface area contributed by atoms with Crippen molar-refractivity contribution >= 4 is 17.6 Å². The predicted molar refractivity (Wildman–Crippen MR) is 121 cm³/mol. The lowest BCUT2D eigenvalue weighted by molar-refractivity contribution is -0.134. The molecule has 33 heavy (non-hydrogen) atoms. The molecule has 0 radical (unpaired) electrons. The van der Waals surface area contributed by atoms with E-state index in [1.54, 1.807) is 26.8 Å². The summed E-state index contributed by atoms with van der Waals surface area (Å²) in [7, 11) is 1.53. The summed E-state index contributed by atoms with van der Waals surface area (Å²) < 4.78 is 16.4. The number of hydrogen-bond donors (Lipinski definition) is 0. The quantitative estimate of drug-likeness (QED) is 0.602. The summed E-state index contributed by atoms with van der Waals surface area (Å²) in [6.07, 6.45) is 1.48. The molecule has 3 amide bonds. The van der Waals surface area contributed by atoms with Crippen molar-refractivity contribution in [1.29, 1.82) is 0 Å². The van der Waals surface area contributed by atoms with Crippen LogP contribution in [0.5, 0.6) is 17.5 Å². The maximum Gasteiger partial charge on any atom is 0.325 e. The first-order valence-corrected chi connectivity index (χ1v) is 11.2. The molecular weight excluding hydrogens is 426 g/mol. The molecule has 2 aliphatic heterocycles. The Bertz CT molecular complexity index is 953. The first-order valence-electron chi connectivity index (χ1n) is 11.2. The normalized spacial score (nSPS) is 18.4. The monoisotopic (exact) mass is 455 g/mol. The maximum atomic E-state index is 12.9. The van der Waals surface area contributed by atoms with E-state index in [1.165, 1.54) is 7.11 Å². The first kappa shape index (κ1) is 22.6. The number of ether oxygens (including phenoxy) is 3. The highest BCUT2D eigenvalue weighted by Crippen LogP contribution is 2.24. The Morgan fingerprint density at radius 1 is 1.06 bits per heavy atom. The Hall–Kier alpha value is -3.56. The van der Waals surface area contributed by atoms with Crippen LogP contribution in [0.3, 0.4) is 0 Å². The Morgan fingerprint density at radius 2 is 1.82 bits per heavy atom. The average molecular weight is 456 g/mol. The van der Waals surface area contributed by atoms with Crippen LogP contribution in [0.4, 0.5) is 10.5 Å². The first-order chi connectivity index (χ1) is 16.1. The topological polar surface area (TPSA) is 97.3 Å². The van der Waals surface area contributed by atoms with E-state index in [0.29, 0.717) is 44.5 Å². The molecule has 0 bridgehead atoms. The lowest BCUT2D eigenvalue weighted by Gasteiger charge is -2.33. The molecule has 2 saturated heterocycles. The predicted octanol–water partition coefficient (Wildman–Crippen LogP) is 2.20. The molecule has 1 aromatic carbocycles. The van der Waals surface area contributed by atoms with E-state index in [2.05, 4.69) is 10.2 Å². The molecule has 0 aliphatic carbocycles. The van der Waals surface area contributed by atoms with Crippen molar-refractivity contribution in [1.82, 2.24) is 20.0 Å². The van der Waals surface area contributed by atoms with Crippen LogP contribution < -0.4 is 19.1 Å². The Kier molecular flexibility index (Phi) is 7.11. The second kappa shape index (κ2) is 10.4. The summed E-state index contributed by atoms with van der Waals surface area (Å²) in [5, 5.41) is 7.90. The summed E-state index contributed by atoms with van der Waals surface area (Å²) in [6.45, 7) is 4.73. The number of nitrogens with zero attached hydrogens (tertiary/aromatic N) is 5. The van der Waals surface area contributed by atoms with Crippen molar-refractivity contribution in [3.8, 4) is 17.5 Å². The number of carbonyl (C=O) groups excluding carboxylic acids is 2. The van der Waals surface area contributed by atoms with Crippen LogP contribution in [0.2, 0.25) is 0 Å². The number of benzene rings is 1. The van der Waals surface area contributed by atoms with Gasteiger partial charge in [0.2, 0.25) is 17.7 Å². The smallest absolute Gasteiger partial charge is 0.325 e. The van der Waals surface area contributed by atoms with Crippen molar-refractivity contribution in [2.24, 2.45) is 0 Å². The SMILES string of the molecule is CCOc1ccc(N2CCN(CC(=O)N3CCCC(Oc4ccc(OC)nn4)C3)C2=O)cc1.